The lowest BCUT2D eigenvalue weighted by Gasteiger charge is -2.21. The maximum Gasteiger partial charge on any atom is 0.258 e. The van der Waals surface area contributed by atoms with Crippen LogP contribution in [0.2, 0.25) is 0 Å². The molecule has 1 aromatic heterocycles. The summed E-state index contributed by atoms with van der Waals surface area (Å²) in [6.45, 7) is 2.17. The van der Waals surface area contributed by atoms with Gasteiger partial charge >= 0.3 is 0 Å². The number of fused-ring (bicyclic) bond motifs is 3. The van der Waals surface area contributed by atoms with Crippen LogP contribution < -0.4 is 10.2 Å². The summed E-state index contributed by atoms with van der Waals surface area (Å²) >= 11 is 1.64. The van der Waals surface area contributed by atoms with Gasteiger partial charge in [0.15, 0.2) is 0 Å². The van der Waals surface area contributed by atoms with Crippen molar-refractivity contribution < 1.29 is 14.0 Å². The molecular formula is C27H21FN2O2S. The number of anilines is 2. The molecule has 4 aromatic rings. The SMILES string of the molecule is Cc1c(F)cccc1C(=O)Nc1ccc(C(=O)N2CCc3ccccc3-c3sccc32)cc1. The maximum absolute atomic E-state index is 13.8. The van der Waals surface area contributed by atoms with Crippen LogP contribution in [-0.2, 0) is 6.42 Å². The molecular weight excluding hydrogens is 435 g/mol. The highest BCUT2D eigenvalue weighted by molar-refractivity contribution is 7.14. The van der Waals surface area contributed by atoms with Crippen LogP contribution in [0.15, 0.2) is 78.2 Å². The molecule has 0 aliphatic carbocycles. The van der Waals surface area contributed by atoms with Gasteiger partial charge in [0.2, 0.25) is 0 Å². The Balaban J connectivity index is 1.36. The third-order valence-electron chi connectivity index (χ3n) is 5.95. The van der Waals surface area contributed by atoms with E-state index in [0.717, 1.165) is 17.0 Å². The number of hydrogen-bond donors (Lipinski definition) is 1. The van der Waals surface area contributed by atoms with Gasteiger partial charge in [0.1, 0.15) is 5.82 Å². The topological polar surface area (TPSA) is 49.4 Å². The standard InChI is InChI=1S/C27H21FN2O2S/c1-17-21(7-4-8-23(17)28)26(31)29-20-11-9-19(10-12-20)27(32)30-15-13-18-5-2-3-6-22(18)25-24(30)14-16-33-25/h2-12,14,16H,13,15H2,1H3,(H,29,31). The number of amides is 2. The summed E-state index contributed by atoms with van der Waals surface area (Å²) in [6.07, 6.45) is 0.782. The van der Waals surface area contributed by atoms with Crippen LogP contribution in [0, 0.1) is 12.7 Å². The van der Waals surface area contributed by atoms with E-state index in [2.05, 4.69) is 17.4 Å². The quantitative estimate of drug-likeness (QED) is 0.392. The minimum Gasteiger partial charge on any atom is -0.322 e. The van der Waals surface area contributed by atoms with Gasteiger partial charge in [-0.15, -0.1) is 11.3 Å². The highest BCUT2D eigenvalue weighted by atomic mass is 32.1. The molecule has 1 N–H and O–H groups in total. The Kier molecular flexibility index (Phi) is 5.52. The van der Waals surface area contributed by atoms with Gasteiger partial charge in [0, 0.05) is 23.4 Å². The number of benzene rings is 3. The van der Waals surface area contributed by atoms with E-state index < -0.39 is 5.82 Å². The summed E-state index contributed by atoms with van der Waals surface area (Å²) < 4.78 is 13.8. The second-order valence-electron chi connectivity index (χ2n) is 7.94. The zero-order valence-corrected chi connectivity index (χ0v) is 18.8. The number of rotatable bonds is 3. The first-order valence-electron chi connectivity index (χ1n) is 10.7. The Bertz CT molecular complexity index is 1360. The Labute approximate surface area is 195 Å². The second kappa shape index (κ2) is 8.64. The van der Waals surface area contributed by atoms with E-state index in [4.69, 9.17) is 0 Å². The van der Waals surface area contributed by atoms with Crippen molar-refractivity contribution in [3.05, 3.63) is 106 Å². The van der Waals surface area contributed by atoms with Crippen molar-refractivity contribution in [3.63, 3.8) is 0 Å². The molecule has 0 saturated heterocycles. The lowest BCUT2D eigenvalue weighted by molar-refractivity contribution is 0.0986. The molecule has 1 aliphatic rings. The second-order valence-corrected chi connectivity index (χ2v) is 8.86. The summed E-state index contributed by atoms with van der Waals surface area (Å²) in [4.78, 5) is 28.9. The summed E-state index contributed by atoms with van der Waals surface area (Å²) in [7, 11) is 0. The first-order valence-corrected chi connectivity index (χ1v) is 11.5. The fourth-order valence-electron chi connectivity index (χ4n) is 4.14. The van der Waals surface area contributed by atoms with E-state index in [0.29, 0.717) is 23.4 Å². The zero-order valence-electron chi connectivity index (χ0n) is 18.0. The van der Waals surface area contributed by atoms with Crippen molar-refractivity contribution in [2.24, 2.45) is 0 Å². The molecule has 3 aromatic carbocycles. The Morgan fingerprint density at radius 1 is 0.970 bits per heavy atom. The Hall–Kier alpha value is -3.77. The normalized spacial score (nSPS) is 12.5. The predicted octanol–water partition coefficient (Wildman–Crippen LogP) is 6.32. The van der Waals surface area contributed by atoms with Gasteiger partial charge in [-0.05, 0) is 77.9 Å². The average molecular weight is 457 g/mol. The maximum atomic E-state index is 13.8. The number of carbonyl (C=O) groups is 2. The molecule has 5 rings (SSSR count). The fourth-order valence-corrected chi connectivity index (χ4v) is 5.10. The van der Waals surface area contributed by atoms with Crippen LogP contribution in [-0.4, -0.2) is 18.4 Å². The van der Waals surface area contributed by atoms with E-state index in [-0.39, 0.29) is 17.4 Å². The molecule has 2 heterocycles. The number of nitrogens with one attached hydrogen (secondary N) is 1. The molecule has 4 nitrogen and oxygen atoms in total. The summed E-state index contributed by atoms with van der Waals surface area (Å²) in [5, 5.41) is 4.79. The number of hydrogen-bond acceptors (Lipinski definition) is 3. The van der Waals surface area contributed by atoms with Crippen molar-refractivity contribution >= 4 is 34.5 Å². The number of nitrogens with zero attached hydrogens (tertiary/aromatic N) is 1. The molecule has 164 valence electrons. The third-order valence-corrected chi connectivity index (χ3v) is 6.89. The monoisotopic (exact) mass is 456 g/mol. The predicted molar refractivity (Wildman–Crippen MR) is 131 cm³/mol. The molecule has 0 atom stereocenters. The van der Waals surface area contributed by atoms with Crippen LogP contribution >= 0.6 is 11.3 Å². The average Bonchev–Trinajstić information content (AvgIpc) is 3.25. The van der Waals surface area contributed by atoms with E-state index >= 15 is 0 Å². The van der Waals surface area contributed by atoms with E-state index in [1.54, 1.807) is 48.6 Å². The molecule has 0 radical (unpaired) electrons. The van der Waals surface area contributed by atoms with Crippen LogP contribution in [0.3, 0.4) is 0 Å². The molecule has 0 bridgehead atoms. The highest BCUT2D eigenvalue weighted by Crippen LogP contribution is 2.41. The first kappa shape index (κ1) is 21.1. The van der Waals surface area contributed by atoms with Gasteiger partial charge in [0.25, 0.3) is 11.8 Å². The van der Waals surface area contributed by atoms with Gasteiger partial charge in [-0.1, -0.05) is 30.3 Å². The lowest BCUT2D eigenvalue weighted by Crippen LogP contribution is -2.32. The molecule has 2 amide bonds. The van der Waals surface area contributed by atoms with Crippen LogP contribution in [0.25, 0.3) is 10.4 Å². The van der Waals surface area contributed by atoms with Gasteiger partial charge in [-0.25, -0.2) is 4.39 Å². The minimum atomic E-state index is -0.420. The van der Waals surface area contributed by atoms with Crippen molar-refractivity contribution in [2.75, 3.05) is 16.8 Å². The van der Waals surface area contributed by atoms with Crippen LogP contribution in [0.1, 0.15) is 31.8 Å². The molecule has 1 aliphatic heterocycles. The highest BCUT2D eigenvalue weighted by Gasteiger charge is 2.26. The molecule has 6 heteroatoms. The smallest absolute Gasteiger partial charge is 0.258 e. The van der Waals surface area contributed by atoms with Crippen molar-refractivity contribution in [3.8, 4) is 10.4 Å². The fraction of sp³-hybridized carbons (Fsp3) is 0.111. The Morgan fingerprint density at radius 2 is 1.76 bits per heavy atom. The minimum absolute atomic E-state index is 0.0821. The van der Waals surface area contributed by atoms with Crippen molar-refractivity contribution in [1.82, 2.24) is 0 Å². The van der Waals surface area contributed by atoms with Crippen molar-refractivity contribution in [2.45, 2.75) is 13.3 Å². The van der Waals surface area contributed by atoms with Gasteiger partial charge in [0.05, 0.1) is 10.6 Å². The van der Waals surface area contributed by atoms with Gasteiger partial charge in [-0.2, -0.15) is 0 Å². The number of halogens is 1. The van der Waals surface area contributed by atoms with Crippen LogP contribution in [0.5, 0.6) is 0 Å². The van der Waals surface area contributed by atoms with Crippen LogP contribution in [0.4, 0.5) is 15.8 Å². The largest absolute Gasteiger partial charge is 0.322 e. The lowest BCUT2D eigenvalue weighted by atomic mass is 10.0. The summed E-state index contributed by atoms with van der Waals surface area (Å²) in [6, 6.07) is 21.5. The third kappa shape index (κ3) is 3.94. The van der Waals surface area contributed by atoms with E-state index in [1.807, 2.05) is 28.5 Å². The summed E-state index contributed by atoms with van der Waals surface area (Å²) in [5.41, 5.74) is 5.01. The zero-order chi connectivity index (χ0) is 22.9. The number of carbonyl (C=O) groups excluding carboxylic acids is 2. The molecule has 0 saturated carbocycles. The Morgan fingerprint density at radius 3 is 2.58 bits per heavy atom. The first-order chi connectivity index (χ1) is 16.0. The van der Waals surface area contributed by atoms with Gasteiger partial charge in [-0.3, -0.25) is 9.59 Å². The van der Waals surface area contributed by atoms with E-state index in [9.17, 15) is 14.0 Å². The molecule has 33 heavy (non-hydrogen) atoms. The molecule has 0 unspecified atom stereocenters. The van der Waals surface area contributed by atoms with Crippen molar-refractivity contribution in [1.29, 1.82) is 0 Å². The summed E-state index contributed by atoms with van der Waals surface area (Å²) in [5.74, 6) is -0.892. The molecule has 0 fully saturated rings. The number of thiophene rings is 1. The molecule has 0 spiro atoms. The van der Waals surface area contributed by atoms with Gasteiger partial charge < -0.3 is 10.2 Å². The van der Waals surface area contributed by atoms with E-state index in [1.165, 1.54) is 23.3 Å².